The number of thiazole rings is 1. The molecule has 1 aliphatic rings. The molecular formula is C14H15ClN4S. The van der Waals surface area contributed by atoms with Crippen LogP contribution in [0.25, 0.3) is 10.2 Å². The first-order chi connectivity index (χ1) is 9.60. The van der Waals surface area contributed by atoms with E-state index >= 15 is 0 Å². The van der Waals surface area contributed by atoms with E-state index in [0.717, 1.165) is 21.8 Å². The lowest BCUT2D eigenvalue weighted by molar-refractivity contribution is 0.330. The average Bonchev–Trinajstić information content (AvgIpc) is 2.84. The molecular weight excluding hydrogens is 292 g/mol. The number of nitrogens with one attached hydrogen (secondary N) is 1. The van der Waals surface area contributed by atoms with Crippen LogP contribution in [0.2, 0.25) is 0 Å². The molecule has 0 amide bonds. The van der Waals surface area contributed by atoms with E-state index < -0.39 is 0 Å². The SMILES string of the molecule is CCC1(C)C=C(Cl)N=NC1Nc1nc2ccccc2s1. The molecule has 1 aromatic carbocycles. The number of para-hydroxylation sites is 1. The number of aromatic nitrogens is 1. The molecule has 6 heteroatoms. The number of anilines is 1. The highest BCUT2D eigenvalue weighted by Crippen LogP contribution is 2.37. The monoisotopic (exact) mass is 306 g/mol. The van der Waals surface area contributed by atoms with E-state index in [1.165, 1.54) is 0 Å². The van der Waals surface area contributed by atoms with E-state index in [9.17, 15) is 0 Å². The van der Waals surface area contributed by atoms with E-state index in [1.54, 1.807) is 11.3 Å². The predicted octanol–water partition coefficient (Wildman–Crippen LogP) is 5.00. The Morgan fingerprint density at radius 3 is 2.95 bits per heavy atom. The van der Waals surface area contributed by atoms with Crippen LogP contribution in [-0.2, 0) is 0 Å². The fourth-order valence-electron chi connectivity index (χ4n) is 2.16. The molecule has 4 nitrogen and oxygen atoms in total. The average molecular weight is 307 g/mol. The van der Waals surface area contributed by atoms with Crippen LogP contribution in [0.15, 0.2) is 45.7 Å². The highest BCUT2D eigenvalue weighted by molar-refractivity contribution is 7.22. The summed E-state index contributed by atoms with van der Waals surface area (Å²) >= 11 is 7.60. The van der Waals surface area contributed by atoms with Gasteiger partial charge in [0.1, 0.15) is 5.16 Å². The lowest BCUT2D eigenvalue weighted by atomic mass is 9.83. The van der Waals surface area contributed by atoms with Crippen molar-refractivity contribution in [2.24, 2.45) is 15.6 Å². The summed E-state index contributed by atoms with van der Waals surface area (Å²) in [6.45, 7) is 4.24. The summed E-state index contributed by atoms with van der Waals surface area (Å²) in [6, 6.07) is 8.08. The van der Waals surface area contributed by atoms with E-state index in [2.05, 4.69) is 40.4 Å². The molecule has 1 aliphatic heterocycles. The van der Waals surface area contributed by atoms with Gasteiger partial charge in [0.05, 0.1) is 10.2 Å². The molecule has 0 aliphatic carbocycles. The molecule has 0 spiro atoms. The second-order valence-corrected chi connectivity index (χ2v) is 6.49. The first-order valence-electron chi connectivity index (χ1n) is 6.52. The number of hydrogen-bond donors (Lipinski definition) is 1. The van der Waals surface area contributed by atoms with Crippen molar-refractivity contribution in [2.75, 3.05) is 5.32 Å². The fourth-order valence-corrected chi connectivity index (χ4v) is 3.35. The van der Waals surface area contributed by atoms with Gasteiger partial charge in [-0.2, -0.15) is 5.11 Å². The van der Waals surface area contributed by atoms with Crippen molar-refractivity contribution in [3.63, 3.8) is 0 Å². The second kappa shape index (κ2) is 5.14. The lowest BCUT2D eigenvalue weighted by Gasteiger charge is -2.33. The minimum Gasteiger partial charge on any atom is -0.338 e. The topological polar surface area (TPSA) is 49.6 Å². The molecule has 0 saturated heterocycles. The Hall–Kier alpha value is -1.46. The van der Waals surface area contributed by atoms with Crippen LogP contribution in [0.5, 0.6) is 0 Å². The van der Waals surface area contributed by atoms with Crippen molar-refractivity contribution < 1.29 is 0 Å². The fraction of sp³-hybridized carbons (Fsp3) is 0.357. The van der Waals surface area contributed by atoms with Gasteiger partial charge in [0.25, 0.3) is 0 Å². The molecule has 1 aromatic heterocycles. The molecule has 0 bridgehead atoms. The number of azo groups is 1. The molecule has 20 heavy (non-hydrogen) atoms. The number of benzene rings is 1. The Morgan fingerprint density at radius 1 is 1.40 bits per heavy atom. The van der Waals surface area contributed by atoms with Gasteiger partial charge in [0, 0.05) is 5.41 Å². The standard InChI is InChI=1S/C14H15ClN4S/c1-3-14(2)8-11(15)18-19-12(14)17-13-16-9-6-4-5-7-10(9)20-13/h4-8,12H,3H2,1-2H3,(H,16,17). The molecule has 2 atom stereocenters. The molecule has 1 N–H and O–H groups in total. The van der Waals surface area contributed by atoms with E-state index in [4.69, 9.17) is 11.6 Å². The van der Waals surface area contributed by atoms with Crippen molar-refractivity contribution in [1.82, 2.24) is 4.98 Å². The van der Waals surface area contributed by atoms with Crippen LogP contribution < -0.4 is 5.32 Å². The number of rotatable bonds is 3. The maximum atomic E-state index is 5.97. The first-order valence-corrected chi connectivity index (χ1v) is 7.71. The summed E-state index contributed by atoms with van der Waals surface area (Å²) in [7, 11) is 0. The van der Waals surface area contributed by atoms with Crippen LogP contribution >= 0.6 is 22.9 Å². The summed E-state index contributed by atoms with van der Waals surface area (Å²) in [6.07, 6.45) is 2.74. The third kappa shape index (κ3) is 2.43. The normalized spacial score (nSPS) is 25.8. The summed E-state index contributed by atoms with van der Waals surface area (Å²) in [5, 5.41) is 12.9. The maximum Gasteiger partial charge on any atom is 0.185 e. The number of hydrogen-bond acceptors (Lipinski definition) is 5. The number of nitrogens with zero attached hydrogens (tertiary/aromatic N) is 3. The van der Waals surface area contributed by atoms with Gasteiger partial charge in [-0.1, -0.05) is 48.9 Å². The number of halogens is 1. The molecule has 0 fully saturated rings. The second-order valence-electron chi connectivity index (χ2n) is 5.08. The van der Waals surface area contributed by atoms with Gasteiger partial charge in [-0.05, 0) is 24.6 Å². The lowest BCUT2D eigenvalue weighted by Crippen LogP contribution is -2.36. The largest absolute Gasteiger partial charge is 0.338 e. The van der Waals surface area contributed by atoms with Crippen LogP contribution in [0, 0.1) is 5.41 Å². The van der Waals surface area contributed by atoms with Crippen LogP contribution in [0.3, 0.4) is 0 Å². The number of fused-ring (bicyclic) bond motifs is 1. The van der Waals surface area contributed by atoms with Gasteiger partial charge in [0.2, 0.25) is 0 Å². The van der Waals surface area contributed by atoms with Gasteiger partial charge in [-0.25, -0.2) is 4.98 Å². The third-order valence-corrected chi connectivity index (χ3v) is 4.81. The highest BCUT2D eigenvalue weighted by atomic mass is 35.5. The molecule has 3 rings (SSSR count). The summed E-state index contributed by atoms with van der Waals surface area (Å²) in [5.74, 6) is 0. The maximum absolute atomic E-state index is 5.97. The van der Waals surface area contributed by atoms with Gasteiger partial charge in [-0.15, -0.1) is 5.11 Å². The first kappa shape index (κ1) is 13.5. The highest BCUT2D eigenvalue weighted by Gasteiger charge is 2.34. The summed E-state index contributed by atoms with van der Waals surface area (Å²) < 4.78 is 1.16. The van der Waals surface area contributed by atoms with E-state index in [1.807, 2.05) is 24.3 Å². The quantitative estimate of drug-likeness (QED) is 0.811. The zero-order chi connectivity index (χ0) is 14.2. The molecule has 104 valence electrons. The van der Waals surface area contributed by atoms with Gasteiger partial charge in [0.15, 0.2) is 11.3 Å². The Balaban J connectivity index is 1.88. The van der Waals surface area contributed by atoms with Crippen molar-refractivity contribution >= 4 is 38.3 Å². The zero-order valence-corrected chi connectivity index (χ0v) is 12.9. The summed E-state index contributed by atoms with van der Waals surface area (Å²) in [4.78, 5) is 4.58. The minimum absolute atomic E-state index is 0.143. The van der Waals surface area contributed by atoms with Crippen LogP contribution in [0.1, 0.15) is 20.3 Å². The predicted molar refractivity (Wildman–Crippen MR) is 84.2 cm³/mol. The molecule has 2 aromatic rings. The van der Waals surface area contributed by atoms with Crippen LogP contribution in [0.4, 0.5) is 5.13 Å². The van der Waals surface area contributed by atoms with Crippen molar-refractivity contribution in [2.45, 2.75) is 26.4 Å². The van der Waals surface area contributed by atoms with Gasteiger partial charge < -0.3 is 5.32 Å². The molecule has 2 heterocycles. The van der Waals surface area contributed by atoms with Gasteiger partial charge in [-0.3, -0.25) is 0 Å². The van der Waals surface area contributed by atoms with E-state index in [0.29, 0.717) is 5.16 Å². The van der Waals surface area contributed by atoms with Gasteiger partial charge >= 0.3 is 0 Å². The Labute approximate surface area is 126 Å². The molecule has 0 saturated carbocycles. The molecule has 0 radical (unpaired) electrons. The molecule has 2 unspecified atom stereocenters. The van der Waals surface area contributed by atoms with Crippen molar-refractivity contribution in [3.8, 4) is 0 Å². The van der Waals surface area contributed by atoms with Crippen molar-refractivity contribution in [1.29, 1.82) is 0 Å². The Kier molecular flexibility index (Phi) is 3.48. The minimum atomic E-state index is -0.156. The Bertz CT molecular complexity index is 660. The summed E-state index contributed by atoms with van der Waals surface area (Å²) in [5.41, 5.74) is 0.843. The van der Waals surface area contributed by atoms with E-state index in [-0.39, 0.29) is 11.6 Å². The smallest absolute Gasteiger partial charge is 0.185 e. The van der Waals surface area contributed by atoms with Crippen molar-refractivity contribution in [3.05, 3.63) is 35.5 Å². The third-order valence-electron chi connectivity index (χ3n) is 3.66. The van der Waals surface area contributed by atoms with Crippen LogP contribution in [-0.4, -0.2) is 11.1 Å². The zero-order valence-electron chi connectivity index (χ0n) is 11.3. The Morgan fingerprint density at radius 2 is 2.20 bits per heavy atom.